The number of phenols is 1. The lowest BCUT2D eigenvalue weighted by Gasteiger charge is -2.14. The third kappa shape index (κ3) is 6.14. The summed E-state index contributed by atoms with van der Waals surface area (Å²) >= 11 is 0. The number of aromatic hydroxyl groups is 1. The fraction of sp³-hybridized carbons (Fsp3) is 0.278. The highest BCUT2D eigenvalue weighted by molar-refractivity contribution is 5.93. The van der Waals surface area contributed by atoms with Gasteiger partial charge in [-0.2, -0.15) is 0 Å². The Kier molecular flexibility index (Phi) is 6.76. The van der Waals surface area contributed by atoms with Crippen LogP contribution in [0, 0.1) is 0 Å². The van der Waals surface area contributed by atoms with Gasteiger partial charge in [0.25, 0.3) is 11.8 Å². The average molecular weight is 343 g/mol. The molecule has 1 aromatic carbocycles. The van der Waals surface area contributed by atoms with E-state index >= 15 is 0 Å². The van der Waals surface area contributed by atoms with Crippen LogP contribution in [-0.2, 0) is 4.79 Å². The van der Waals surface area contributed by atoms with E-state index in [4.69, 9.17) is 4.74 Å². The van der Waals surface area contributed by atoms with E-state index in [0.29, 0.717) is 30.8 Å². The second-order valence-corrected chi connectivity index (χ2v) is 5.40. The number of carbonyl (C=O) groups is 2. The third-order valence-electron chi connectivity index (χ3n) is 3.38. The topological polar surface area (TPSA) is 101 Å². The summed E-state index contributed by atoms with van der Waals surface area (Å²) in [5.74, 6) is 0.206. The molecule has 0 aliphatic heterocycles. The van der Waals surface area contributed by atoms with Crippen LogP contribution >= 0.6 is 0 Å². The second-order valence-electron chi connectivity index (χ2n) is 5.40. The van der Waals surface area contributed by atoms with Gasteiger partial charge < -0.3 is 20.5 Å². The van der Waals surface area contributed by atoms with Crippen LogP contribution in [0.4, 0.5) is 0 Å². The first kappa shape index (κ1) is 18.3. The zero-order valence-electron chi connectivity index (χ0n) is 13.9. The van der Waals surface area contributed by atoms with E-state index in [1.54, 1.807) is 37.4 Å². The van der Waals surface area contributed by atoms with Crippen molar-refractivity contribution in [1.29, 1.82) is 0 Å². The van der Waals surface area contributed by atoms with Crippen molar-refractivity contribution in [1.82, 2.24) is 15.6 Å². The van der Waals surface area contributed by atoms with Gasteiger partial charge in [0.1, 0.15) is 11.5 Å². The van der Waals surface area contributed by atoms with Crippen LogP contribution in [0.1, 0.15) is 23.7 Å². The highest BCUT2D eigenvalue weighted by Crippen LogP contribution is 2.17. The Morgan fingerprint density at radius 3 is 2.56 bits per heavy atom. The molecule has 132 valence electrons. The lowest BCUT2D eigenvalue weighted by molar-refractivity contribution is -0.127. The molecule has 0 bridgehead atoms. The van der Waals surface area contributed by atoms with E-state index in [1.165, 1.54) is 18.3 Å². The van der Waals surface area contributed by atoms with Gasteiger partial charge in [0, 0.05) is 25.5 Å². The first-order valence-electron chi connectivity index (χ1n) is 7.98. The Morgan fingerprint density at radius 2 is 1.88 bits per heavy atom. The summed E-state index contributed by atoms with van der Waals surface area (Å²) in [7, 11) is 0. The molecule has 1 atom stereocenters. The van der Waals surface area contributed by atoms with E-state index < -0.39 is 6.10 Å². The summed E-state index contributed by atoms with van der Waals surface area (Å²) in [4.78, 5) is 27.6. The lowest BCUT2D eigenvalue weighted by Crippen LogP contribution is -2.37. The number of pyridine rings is 1. The van der Waals surface area contributed by atoms with Crippen molar-refractivity contribution in [3.05, 3.63) is 54.4 Å². The first-order chi connectivity index (χ1) is 12.1. The van der Waals surface area contributed by atoms with Gasteiger partial charge in [0.05, 0.1) is 5.56 Å². The van der Waals surface area contributed by atoms with Crippen molar-refractivity contribution in [2.24, 2.45) is 0 Å². The van der Waals surface area contributed by atoms with Crippen molar-refractivity contribution < 1.29 is 19.4 Å². The van der Waals surface area contributed by atoms with E-state index in [9.17, 15) is 14.7 Å². The molecule has 2 aromatic rings. The number of aromatic nitrogens is 1. The van der Waals surface area contributed by atoms with Crippen molar-refractivity contribution in [2.75, 3.05) is 13.1 Å². The SMILES string of the molecule is CC(Oc1ccc(O)cc1)C(=O)NCCCNC(=O)c1cccnc1. The molecule has 0 radical (unpaired) electrons. The van der Waals surface area contributed by atoms with E-state index in [1.807, 2.05) is 0 Å². The van der Waals surface area contributed by atoms with Crippen LogP contribution in [0.3, 0.4) is 0 Å². The van der Waals surface area contributed by atoms with Crippen molar-refractivity contribution in [3.63, 3.8) is 0 Å². The summed E-state index contributed by atoms with van der Waals surface area (Å²) in [5, 5.41) is 14.7. The fourth-order valence-corrected chi connectivity index (χ4v) is 2.03. The van der Waals surface area contributed by atoms with Gasteiger partial charge in [0.2, 0.25) is 0 Å². The molecule has 2 rings (SSSR count). The number of nitrogens with one attached hydrogen (secondary N) is 2. The maximum Gasteiger partial charge on any atom is 0.260 e. The van der Waals surface area contributed by atoms with Gasteiger partial charge in [0.15, 0.2) is 6.10 Å². The number of phenolic OH excluding ortho intramolecular Hbond substituents is 1. The monoisotopic (exact) mass is 343 g/mol. The predicted octanol–water partition coefficient (Wildman–Crippen LogP) is 1.49. The minimum absolute atomic E-state index is 0.137. The smallest absolute Gasteiger partial charge is 0.260 e. The van der Waals surface area contributed by atoms with Gasteiger partial charge in [-0.1, -0.05) is 0 Å². The number of nitrogens with zero attached hydrogens (tertiary/aromatic N) is 1. The molecule has 0 aliphatic rings. The fourth-order valence-electron chi connectivity index (χ4n) is 2.03. The molecular weight excluding hydrogens is 322 g/mol. The number of ether oxygens (including phenoxy) is 1. The highest BCUT2D eigenvalue weighted by atomic mass is 16.5. The van der Waals surface area contributed by atoms with Crippen LogP contribution < -0.4 is 15.4 Å². The number of hydrogen-bond donors (Lipinski definition) is 3. The molecule has 7 heteroatoms. The molecule has 0 fully saturated rings. The van der Waals surface area contributed by atoms with E-state index in [2.05, 4.69) is 15.6 Å². The Morgan fingerprint density at radius 1 is 1.16 bits per heavy atom. The van der Waals surface area contributed by atoms with Gasteiger partial charge in [-0.25, -0.2) is 0 Å². The van der Waals surface area contributed by atoms with Crippen LogP contribution in [0.25, 0.3) is 0 Å². The standard InChI is InChI=1S/C18H21N3O4/c1-13(25-16-7-5-15(22)6-8-16)17(23)20-10-3-11-21-18(24)14-4-2-9-19-12-14/h2,4-9,12-13,22H,3,10-11H2,1H3,(H,20,23)(H,21,24). The number of rotatable bonds is 8. The molecule has 2 amide bonds. The molecule has 1 heterocycles. The van der Waals surface area contributed by atoms with Gasteiger partial charge in [-0.3, -0.25) is 14.6 Å². The Bertz CT molecular complexity index is 689. The molecule has 1 unspecified atom stereocenters. The summed E-state index contributed by atoms with van der Waals surface area (Å²) in [6, 6.07) is 9.55. The van der Waals surface area contributed by atoms with Crippen molar-refractivity contribution in [2.45, 2.75) is 19.4 Å². The highest BCUT2D eigenvalue weighted by Gasteiger charge is 2.14. The minimum Gasteiger partial charge on any atom is -0.508 e. The molecule has 0 saturated heterocycles. The first-order valence-corrected chi connectivity index (χ1v) is 7.98. The third-order valence-corrected chi connectivity index (χ3v) is 3.38. The average Bonchev–Trinajstić information content (AvgIpc) is 2.63. The second kappa shape index (κ2) is 9.27. The van der Waals surface area contributed by atoms with Gasteiger partial charge >= 0.3 is 0 Å². The molecular formula is C18H21N3O4. The summed E-state index contributed by atoms with van der Waals surface area (Å²) in [6.07, 6.45) is 3.05. The Balaban J connectivity index is 1.63. The number of amides is 2. The molecule has 0 spiro atoms. The van der Waals surface area contributed by atoms with Gasteiger partial charge in [-0.15, -0.1) is 0 Å². The number of hydrogen-bond acceptors (Lipinski definition) is 5. The maximum atomic E-state index is 12.0. The van der Waals surface area contributed by atoms with Crippen LogP contribution in [0.5, 0.6) is 11.5 Å². The Hall–Kier alpha value is -3.09. The molecule has 0 aliphatic carbocycles. The molecule has 7 nitrogen and oxygen atoms in total. The largest absolute Gasteiger partial charge is 0.508 e. The molecule has 25 heavy (non-hydrogen) atoms. The minimum atomic E-state index is -0.658. The van der Waals surface area contributed by atoms with Crippen molar-refractivity contribution in [3.8, 4) is 11.5 Å². The van der Waals surface area contributed by atoms with Crippen LogP contribution in [-0.4, -0.2) is 41.1 Å². The van der Waals surface area contributed by atoms with Crippen LogP contribution in [0.15, 0.2) is 48.8 Å². The van der Waals surface area contributed by atoms with E-state index in [0.717, 1.165) is 0 Å². The quantitative estimate of drug-likeness (QED) is 0.631. The molecule has 3 N–H and O–H groups in total. The Labute approximate surface area is 146 Å². The summed E-state index contributed by atoms with van der Waals surface area (Å²) < 4.78 is 5.48. The number of carbonyl (C=O) groups excluding carboxylic acids is 2. The number of benzene rings is 1. The van der Waals surface area contributed by atoms with E-state index in [-0.39, 0.29) is 17.6 Å². The zero-order chi connectivity index (χ0) is 18.1. The predicted molar refractivity (Wildman–Crippen MR) is 92.4 cm³/mol. The van der Waals surface area contributed by atoms with Gasteiger partial charge in [-0.05, 0) is 49.7 Å². The lowest BCUT2D eigenvalue weighted by atomic mass is 10.2. The van der Waals surface area contributed by atoms with Crippen molar-refractivity contribution >= 4 is 11.8 Å². The zero-order valence-corrected chi connectivity index (χ0v) is 13.9. The molecule has 0 saturated carbocycles. The summed E-state index contributed by atoms with van der Waals surface area (Å²) in [6.45, 7) is 2.52. The maximum absolute atomic E-state index is 12.0. The molecule has 1 aromatic heterocycles. The van der Waals surface area contributed by atoms with Crippen LogP contribution in [0.2, 0.25) is 0 Å². The summed E-state index contributed by atoms with van der Waals surface area (Å²) in [5.41, 5.74) is 0.502. The normalized spacial score (nSPS) is 11.4.